The molecule has 2 saturated carbocycles. The lowest BCUT2D eigenvalue weighted by Gasteiger charge is -2.50. The van der Waals surface area contributed by atoms with Crippen LogP contribution < -0.4 is 4.43 Å². The van der Waals surface area contributed by atoms with Crippen molar-refractivity contribution in [2.75, 3.05) is 0 Å². The van der Waals surface area contributed by atoms with Crippen molar-refractivity contribution in [3.05, 3.63) is 29.3 Å². The lowest BCUT2D eigenvalue weighted by atomic mass is 9.55. The van der Waals surface area contributed by atoms with Gasteiger partial charge in [-0.2, -0.15) is 0 Å². The van der Waals surface area contributed by atoms with E-state index in [0.29, 0.717) is 23.5 Å². The Labute approximate surface area is 178 Å². The van der Waals surface area contributed by atoms with E-state index in [0.717, 1.165) is 37.9 Å². The average molecular weight is 431 g/mol. The van der Waals surface area contributed by atoms with Gasteiger partial charge >= 0.3 is 0 Å². The number of ketones is 1. The van der Waals surface area contributed by atoms with E-state index in [2.05, 4.69) is 64.4 Å². The summed E-state index contributed by atoms with van der Waals surface area (Å²) in [6.07, 6.45) is 5.23. The monoisotopic (exact) mass is 430 g/mol. The lowest BCUT2D eigenvalue weighted by Crippen LogP contribution is -2.44. The number of rotatable bonds is 4. The average Bonchev–Trinajstić information content (AvgIpc) is 2.88. The predicted octanol–water partition coefficient (Wildman–Crippen LogP) is 6.68. The molecule has 3 aliphatic carbocycles. The summed E-state index contributed by atoms with van der Waals surface area (Å²) in [6.45, 7) is 15.8. The van der Waals surface area contributed by atoms with Gasteiger partial charge in [0, 0.05) is 11.8 Å². The zero-order valence-corrected chi connectivity index (χ0v) is 21.3. The van der Waals surface area contributed by atoms with Crippen molar-refractivity contribution >= 4 is 22.4 Å². The van der Waals surface area contributed by atoms with E-state index in [9.17, 15) is 4.79 Å². The predicted molar refractivity (Wildman–Crippen MR) is 124 cm³/mol. The van der Waals surface area contributed by atoms with Crippen LogP contribution in [-0.2, 0) is 9.22 Å². The molecule has 0 saturated heterocycles. The molecule has 0 N–H and O–H groups in total. The summed E-state index contributed by atoms with van der Waals surface area (Å²) < 4.78 is 13.1. The van der Waals surface area contributed by atoms with Crippen molar-refractivity contribution in [2.24, 2.45) is 17.3 Å². The summed E-state index contributed by atoms with van der Waals surface area (Å²) in [7, 11) is -3.35. The first-order chi connectivity index (χ1) is 13.4. The number of fused-ring (bicyclic) bond motifs is 5. The second-order valence-electron chi connectivity index (χ2n) is 11.8. The minimum atomic E-state index is -1.70. The molecule has 0 aliphatic heterocycles. The Morgan fingerprint density at radius 1 is 1.00 bits per heavy atom. The molecule has 3 aliphatic rings. The molecule has 5 atom stereocenters. The van der Waals surface area contributed by atoms with Crippen molar-refractivity contribution in [3.8, 4) is 5.75 Å². The number of benzene rings is 1. The van der Waals surface area contributed by atoms with Gasteiger partial charge < -0.3 is 8.85 Å². The summed E-state index contributed by atoms with van der Waals surface area (Å²) in [5, 5.41) is 0. The standard InChI is InChI=1S/C24H38O3Si2/c1-24-13-12-18-17-9-8-16(26-28(2,3)4)14-20(17)22(27-29(5,6)7)15-19(18)21(24)10-11-23(24)25/h8-9,14,18-19,21-22H,10-13,15H2,1-7H3/t18-,19-,21+,22-,24+/m1/s1. The van der Waals surface area contributed by atoms with Gasteiger partial charge in [0.25, 0.3) is 0 Å². The van der Waals surface area contributed by atoms with E-state index in [1.807, 2.05) is 0 Å². The van der Waals surface area contributed by atoms with Crippen LogP contribution in [0, 0.1) is 17.3 Å². The summed E-state index contributed by atoms with van der Waals surface area (Å²) in [4.78, 5) is 12.7. The molecular weight excluding hydrogens is 392 g/mol. The SMILES string of the molecule is C[C@]12CC[C@@H]3c4ccc(O[Si](C)(C)C)cc4[C@H](O[Si](C)(C)C)C[C@H]3[C@@H]1CCC2=O. The van der Waals surface area contributed by atoms with Gasteiger partial charge in [0.1, 0.15) is 11.5 Å². The van der Waals surface area contributed by atoms with Crippen LogP contribution in [0.4, 0.5) is 0 Å². The highest BCUT2D eigenvalue weighted by Crippen LogP contribution is 2.61. The van der Waals surface area contributed by atoms with Crippen LogP contribution in [0.15, 0.2) is 18.2 Å². The van der Waals surface area contributed by atoms with E-state index in [1.165, 1.54) is 11.1 Å². The van der Waals surface area contributed by atoms with Gasteiger partial charge in [-0.25, -0.2) is 0 Å². The Bertz CT molecular complexity index is 807. The number of hydrogen-bond donors (Lipinski definition) is 0. The van der Waals surface area contributed by atoms with Gasteiger partial charge in [-0.3, -0.25) is 4.79 Å². The van der Waals surface area contributed by atoms with Gasteiger partial charge in [-0.05, 0) is 106 Å². The molecule has 160 valence electrons. The van der Waals surface area contributed by atoms with Gasteiger partial charge in [0.15, 0.2) is 8.32 Å². The lowest BCUT2D eigenvalue weighted by molar-refractivity contribution is -0.129. The third kappa shape index (κ3) is 4.02. The molecule has 0 bridgehead atoms. The third-order valence-electron chi connectivity index (χ3n) is 7.36. The first kappa shape index (κ1) is 21.3. The van der Waals surface area contributed by atoms with Crippen LogP contribution in [0.25, 0.3) is 0 Å². The number of Topliss-reactive ketones (excluding diaryl/α,β-unsaturated/α-hetero) is 1. The van der Waals surface area contributed by atoms with Crippen LogP contribution in [0.5, 0.6) is 5.75 Å². The first-order valence-electron chi connectivity index (χ1n) is 11.4. The van der Waals surface area contributed by atoms with Gasteiger partial charge in [-0.1, -0.05) is 13.0 Å². The number of carbonyl (C=O) groups excluding carboxylic acids is 1. The van der Waals surface area contributed by atoms with E-state index in [-0.39, 0.29) is 11.5 Å². The van der Waals surface area contributed by atoms with Gasteiger partial charge in [-0.15, -0.1) is 0 Å². The van der Waals surface area contributed by atoms with E-state index >= 15 is 0 Å². The number of hydrogen-bond acceptors (Lipinski definition) is 3. The van der Waals surface area contributed by atoms with Crippen molar-refractivity contribution in [1.29, 1.82) is 0 Å². The molecule has 0 aromatic heterocycles. The molecule has 2 fully saturated rings. The van der Waals surface area contributed by atoms with Gasteiger partial charge in [0.05, 0.1) is 6.10 Å². The zero-order chi connectivity index (χ0) is 21.2. The van der Waals surface area contributed by atoms with Gasteiger partial charge in [0.2, 0.25) is 8.32 Å². The normalized spacial score (nSPS) is 34.4. The Morgan fingerprint density at radius 3 is 2.38 bits per heavy atom. The maximum absolute atomic E-state index is 12.7. The largest absolute Gasteiger partial charge is 0.544 e. The summed E-state index contributed by atoms with van der Waals surface area (Å²) in [6, 6.07) is 6.78. The molecule has 4 rings (SSSR count). The highest BCUT2D eigenvalue weighted by atomic mass is 28.4. The van der Waals surface area contributed by atoms with Crippen LogP contribution >= 0.6 is 0 Å². The second-order valence-corrected chi connectivity index (χ2v) is 20.6. The molecule has 5 heteroatoms. The van der Waals surface area contributed by atoms with Crippen molar-refractivity contribution in [1.82, 2.24) is 0 Å². The highest BCUT2D eigenvalue weighted by molar-refractivity contribution is 6.70. The van der Waals surface area contributed by atoms with Crippen molar-refractivity contribution in [3.63, 3.8) is 0 Å². The molecule has 1 aromatic carbocycles. The fourth-order valence-electron chi connectivity index (χ4n) is 6.27. The molecule has 3 nitrogen and oxygen atoms in total. The van der Waals surface area contributed by atoms with E-state index in [4.69, 9.17) is 8.85 Å². The Morgan fingerprint density at radius 2 is 1.72 bits per heavy atom. The van der Waals surface area contributed by atoms with Crippen LogP contribution in [0.3, 0.4) is 0 Å². The fraction of sp³-hybridized carbons (Fsp3) is 0.708. The third-order valence-corrected chi connectivity index (χ3v) is 9.20. The molecular formula is C24H38O3Si2. The topological polar surface area (TPSA) is 35.5 Å². The molecule has 0 spiro atoms. The molecule has 0 heterocycles. The van der Waals surface area contributed by atoms with Crippen LogP contribution in [0.2, 0.25) is 39.3 Å². The van der Waals surface area contributed by atoms with Crippen LogP contribution in [0.1, 0.15) is 62.2 Å². The molecule has 29 heavy (non-hydrogen) atoms. The van der Waals surface area contributed by atoms with Crippen LogP contribution in [-0.4, -0.2) is 22.4 Å². The number of carbonyl (C=O) groups is 1. The van der Waals surface area contributed by atoms with E-state index < -0.39 is 16.6 Å². The molecule has 0 amide bonds. The quantitative estimate of drug-likeness (QED) is 0.500. The Kier molecular flexibility index (Phi) is 5.19. The first-order valence-corrected chi connectivity index (χ1v) is 18.2. The molecule has 1 aromatic rings. The maximum Gasteiger partial charge on any atom is 0.242 e. The zero-order valence-electron chi connectivity index (χ0n) is 19.3. The summed E-state index contributed by atoms with van der Waals surface area (Å²) in [5.41, 5.74) is 2.73. The second kappa shape index (κ2) is 7.06. The Balaban J connectivity index is 1.73. The van der Waals surface area contributed by atoms with Crippen molar-refractivity contribution < 1.29 is 13.6 Å². The molecule has 0 unspecified atom stereocenters. The minimum absolute atomic E-state index is 0.0940. The maximum atomic E-state index is 12.7. The van der Waals surface area contributed by atoms with Crippen molar-refractivity contribution in [2.45, 2.75) is 90.3 Å². The highest BCUT2D eigenvalue weighted by Gasteiger charge is 2.55. The summed E-state index contributed by atoms with van der Waals surface area (Å²) in [5.74, 6) is 3.16. The van der Waals surface area contributed by atoms with E-state index in [1.54, 1.807) is 0 Å². The minimum Gasteiger partial charge on any atom is -0.544 e. The molecule has 0 radical (unpaired) electrons. The Hall–Kier alpha value is -0.916. The fourth-order valence-corrected chi connectivity index (χ4v) is 8.18. The summed E-state index contributed by atoms with van der Waals surface area (Å²) >= 11 is 0. The smallest absolute Gasteiger partial charge is 0.242 e.